The zero-order valence-corrected chi connectivity index (χ0v) is 16.9. The Balaban J connectivity index is 1.76. The van der Waals surface area contributed by atoms with Gasteiger partial charge in [0.05, 0.1) is 17.7 Å². The lowest BCUT2D eigenvalue weighted by Crippen LogP contribution is -2.45. The summed E-state index contributed by atoms with van der Waals surface area (Å²) in [7, 11) is 0. The van der Waals surface area contributed by atoms with Crippen LogP contribution in [0.5, 0.6) is 5.75 Å². The lowest BCUT2D eigenvalue weighted by Gasteiger charge is -2.29. The zero-order valence-electron chi connectivity index (χ0n) is 16.9. The molecule has 0 unspecified atom stereocenters. The van der Waals surface area contributed by atoms with E-state index in [2.05, 4.69) is 10.6 Å². The summed E-state index contributed by atoms with van der Waals surface area (Å²) in [4.78, 5) is 24.7. The first-order chi connectivity index (χ1) is 14.0. The number of allylic oxidation sites excluding steroid dienone is 1. The Kier molecular flexibility index (Phi) is 6.54. The topological polar surface area (TPSA) is 76.7 Å². The second-order valence-electron chi connectivity index (χ2n) is 7.04. The molecular weight excluding hydrogens is 368 g/mol. The number of benzene rings is 2. The smallest absolute Gasteiger partial charge is 0.338 e. The maximum absolute atomic E-state index is 12.7. The molecule has 6 heteroatoms. The highest BCUT2D eigenvalue weighted by atomic mass is 16.5. The van der Waals surface area contributed by atoms with Crippen molar-refractivity contribution in [3.8, 4) is 5.75 Å². The molecule has 1 aliphatic heterocycles. The number of rotatable bonds is 7. The first kappa shape index (κ1) is 20.5. The molecule has 2 amide bonds. The van der Waals surface area contributed by atoms with Crippen LogP contribution in [-0.2, 0) is 16.1 Å². The van der Waals surface area contributed by atoms with Crippen LogP contribution in [0.2, 0.25) is 0 Å². The first-order valence-electron chi connectivity index (χ1n) is 9.74. The zero-order chi connectivity index (χ0) is 20.8. The summed E-state index contributed by atoms with van der Waals surface area (Å²) in [6, 6.07) is 16.3. The van der Waals surface area contributed by atoms with Gasteiger partial charge in [-0.25, -0.2) is 9.59 Å². The van der Waals surface area contributed by atoms with Crippen molar-refractivity contribution in [3.63, 3.8) is 0 Å². The summed E-state index contributed by atoms with van der Waals surface area (Å²) in [5, 5.41) is 5.47. The van der Waals surface area contributed by atoms with Crippen LogP contribution >= 0.6 is 0 Å². The summed E-state index contributed by atoms with van der Waals surface area (Å²) in [6.45, 7) is 5.97. The molecule has 3 rings (SSSR count). The van der Waals surface area contributed by atoms with Crippen LogP contribution < -0.4 is 15.4 Å². The van der Waals surface area contributed by atoms with E-state index in [1.54, 1.807) is 6.92 Å². The molecule has 1 heterocycles. The molecule has 0 fully saturated rings. The molecule has 0 aromatic heterocycles. The van der Waals surface area contributed by atoms with Gasteiger partial charge in [0.15, 0.2) is 0 Å². The highest BCUT2D eigenvalue weighted by Crippen LogP contribution is 2.29. The minimum atomic E-state index is -0.580. The summed E-state index contributed by atoms with van der Waals surface area (Å²) in [6.07, 6.45) is 0.519. The summed E-state index contributed by atoms with van der Waals surface area (Å²) >= 11 is 0. The van der Waals surface area contributed by atoms with Gasteiger partial charge < -0.3 is 20.1 Å². The number of hydrogen-bond donors (Lipinski definition) is 2. The Morgan fingerprint density at radius 2 is 1.79 bits per heavy atom. The van der Waals surface area contributed by atoms with Crippen molar-refractivity contribution in [1.82, 2.24) is 10.6 Å². The van der Waals surface area contributed by atoms with Gasteiger partial charge in [-0.15, -0.1) is 0 Å². The van der Waals surface area contributed by atoms with Gasteiger partial charge in [-0.1, -0.05) is 49.4 Å². The molecular formula is C23H26N2O4. The van der Waals surface area contributed by atoms with Crippen LogP contribution in [0.3, 0.4) is 0 Å². The molecule has 29 heavy (non-hydrogen) atoms. The summed E-state index contributed by atoms with van der Waals surface area (Å²) in [5.74, 6) is 0.279. The van der Waals surface area contributed by atoms with E-state index in [-0.39, 0.29) is 12.1 Å². The lowest BCUT2D eigenvalue weighted by atomic mass is 9.95. The van der Waals surface area contributed by atoms with E-state index in [0.29, 0.717) is 23.6 Å². The molecule has 0 bridgehead atoms. The third-order valence-electron chi connectivity index (χ3n) is 4.83. The fourth-order valence-electron chi connectivity index (χ4n) is 3.04. The van der Waals surface area contributed by atoms with E-state index in [1.807, 2.05) is 68.4 Å². The fraction of sp³-hybridized carbons (Fsp3) is 0.304. The highest BCUT2D eigenvalue weighted by Gasteiger charge is 2.32. The van der Waals surface area contributed by atoms with Crippen LogP contribution in [0.15, 0.2) is 65.9 Å². The second kappa shape index (κ2) is 9.28. The number of carbonyl (C=O) groups excluding carboxylic acids is 2. The Morgan fingerprint density at radius 1 is 1.10 bits per heavy atom. The molecule has 0 aliphatic carbocycles. The van der Waals surface area contributed by atoms with Crippen LogP contribution in [0.4, 0.5) is 4.79 Å². The Labute approximate surface area is 170 Å². The van der Waals surface area contributed by atoms with E-state index >= 15 is 0 Å². The van der Waals surface area contributed by atoms with E-state index in [9.17, 15) is 9.59 Å². The van der Waals surface area contributed by atoms with Crippen molar-refractivity contribution in [2.45, 2.75) is 45.9 Å². The van der Waals surface area contributed by atoms with E-state index in [1.165, 1.54) is 0 Å². The van der Waals surface area contributed by atoms with Gasteiger partial charge in [-0.2, -0.15) is 0 Å². The average Bonchev–Trinajstić information content (AvgIpc) is 2.72. The van der Waals surface area contributed by atoms with E-state index < -0.39 is 12.0 Å². The number of esters is 1. The molecule has 2 atom stereocenters. The molecule has 1 aliphatic rings. The monoisotopic (exact) mass is 394 g/mol. The lowest BCUT2D eigenvalue weighted by molar-refractivity contribution is -0.144. The molecule has 0 radical (unpaired) electrons. The van der Waals surface area contributed by atoms with Crippen LogP contribution in [0.1, 0.15) is 44.4 Å². The molecule has 152 valence electrons. The van der Waals surface area contributed by atoms with Crippen LogP contribution in [0.25, 0.3) is 0 Å². The van der Waals surface area contributed by atoms with E-state index in [0.717, 1.165) is 17.5 Å². The third kappa shape index (κ3) is 5.16. The SMILES string of the molecule is CC[C@H](C)OC(=O)C1=C(C)NC(=O)N[C@@H]1c1ccc(OCc2ccccc2)cc1. The number of carbonyl (C=O) groups is 2. The first-order valence-corrected chi connectivity index (χ1v) is 9.74. The van der Waals surface area contributed by atoms with Gasteiger partial charge in [0.2, 0.25) is 0 Å². The van der Waals surface area contributed by atoms with E-state index in [4.69, 9.17) is 9.47 Å². The number of amides is 2. The minimum Gasteiger partial charge on any atom is -0.489 e. The maximum Gasteiger partial charge on any atom is 0.338 e. The largest absolute Gasteiger partial charge is 0.489 e. The highest BCUT2D eigenvalue weighted by molar-refractivity contribution is 5.95. The van der Waals surface area contributed by atoms with Crippen LogP contribution in [-0.4, -0.2) is 18.1 Å². The predicted octanol–water partition coefficient (Wildman–Crippen LogP) is 4.24. The normalized spacial score (nSPS) is 17.2. The number of hydrogen-bond acceptors (Lipinski definition) is 4. The third-order valence-corrected chi connectivity index (χ3v) is 4.83. The Bertz CT molecular complexity index is 891. The Hall–Kier alpha value is -3.28. The van der Waals surface area contributed by atoms with Gasteiger partial charge in [0.1, 0.15) is 12.4 Å². The molecule has 2 N–H and O–H groups in total. The minimum absolute atomic E-state index is 0.199. The summed E-state index contributed by atoms with van der Waals surface area (Å²) < 4.78 is 11.3. The Morgan fingerprint density at radius 3 is 2.45 bits per heavy atom. The molecule has 0 saturated carbocycles. The quantitative estimate of drug-likeness (QED) is 0.689. The second-order valence-corrected chi connectivity index (χ2v) is 7.04. The molecule has 0 saturated heterocycles. The molecule has 6 nitrogen and oxygen atoms in total. The van der Waals surface area contributed by atoms with Gasteiger partial charge in [0.25, 0.3) is 0 Å². The average molecular weight is 394 g/mol. The van der Waals surface area contributed by atoms with Crippen LogP contribution in [0, 0.1) is 0 Å². The van der Waals surface area contributed by atoms with Gasteiger partial charge in [-0.3, -0.25) is 0 Å². The number of ether oxygens (including phenoxy) is 2. The molecule has 0 spiro atoms. The van der Waals surface area contributed by atoms with Crippen molar-refractivity contribution < 1.29 is 19.1 Å². The van der Waals surface area contributed by atoms with Crippen molar-refractivity contribution in [2.75, 3.05) is 0 Å². The van der Waals surface area contributed by atoms with Crippen molar-refractivity contribution in [1.29, 1.82) is 0 Å². The molecule has 2 aromatic rings. The van der Waals surface area contributed by atoms with Crippen molar-refractivity contribution in [2.24, 2.45) is 0 Å². The standard InChI is InChI=1S/C23H26N2O4/c1-4-15(2)29-22(26)20-16(3)24-23(27)25-21(20)18-10-12-19(13-11-18)28-14-17-8-6-5-7-9-17/h5-13,15,21H,4,14H2,1-3H3,(H2,24,25,27)/t15-,21+/m0/s1. The van der Waals surface area contributed by atoms with Gasteiger partial charge in [-0.05, 0) is 43.5 Å². The summed E-state index contributed by atoms with van der Waals surface area (Å²) in [5.41, 5.74) is 2.76. The fourth-order valence-corrected chi connectivity index (χ4v) is 3.04. The molecule has 2 aromatic carbocycles. The number of nitrogens with one attached hydrogen (secondary N) is 2. The van der Waals surface area contributed by atoms with Gasteiger partial charge >= 0.3 is 12.0 Å². The maximum atomic E-state index is 12.7. The number of urea groups is 1. The van der Waals surface area contributed by atoms with Crippen molar-refractivity contribution in [3.05, 3.63) is 77.0 Å². The predicted molar refractivity (Wildman–Crippen MR) is 110 cm³/mol. The van der Waals surface area contributed by atoms with Crippen molar-refractivity contribution >= 4 is 12.0 Å². The van der Waals surface area contributed by atoms with Gasteiger partial charge in [0, 0.05) is 5.70 Å².